The van der Waals surface area contributed by atoms with Gasteiger partial charge in [0.1, 0.15) is 29.2 Å². The molecule has 0 saturated carbocycles. The van der Waals surface area contributed by atoms with Crippen molar-refractivity contribution in [2.75, 3.05) is 0 Å². The number of rotatable bonds is 5. The molecule has 2 heterocycles. The number of phenols is 1. The van der Waals surface area contributed by atoms with E-state index in [2.05, 4.69) is 21.7 Å². The molecule has 0 spiro atoms. The van der Waals surface area contributed by atoms with E-state index in [1.165, 1.54) is 40.9 Å². The first-order valence-electron chi connectivity index (χ1n) is 8.96. The Hall–Kier alpha value is -3.05. The number of phenolic OH excluding ortho intramolecular Hbond substituents is 1. The minimum Gasteiger partial charge on any atom is -0.508 e. The van der Waals surface area contributed by atoms with E-state index in [1.807, 2.05) is 0 Å². The number of carbonyl (C=O) groups excluding carboxylic acids is 4. The van der Waals surface area contributed by atoms with Crippen molar-refractivity contribution in [3.8, 4) is 5.75 Å². The van der Waals surface area contributed by atoms with Crippen molar-refractivity contribution in [3.05, 3.63) is 42.5 Å². The lowest BCUT2D eigenvalue weighted by Gasteiger charge is -2.43. The zero-order valence-corrected chi connectivity index (χ0v) is 17.0. The number of nitrogens with two attached hydrogens (primary N) is 1. The highest BCUT2D eigenvalue weighted by molar-refractivity contribution is 8.01. The molecule has 0 bridgehead atoms. The van der Waals surface area contributed by atoms with Crippen molar-refractivity contribution < 1.29 is 34.1 Å². The predicted octanol–water partition coefficient (Wildman–Crippen LogP) is 0.127. The number of benzene rings is 1. The van der Waals surface area contributed by atoms with E-state index < -0.39 is 52.0 Å². The van der Waals surface area contributed by atoms with Crippen LogP contribution in [0.5, 0.6) is 5.75 Å². The van der Waals surface area contributed by atoms with Gasteiger partial charge in [-0.3, -0.25) is 9.59 Å². The van der Waals surface area contributed by atoms with Gasteiger partial charge in [0.15, 0.2) is 0 Å². The second-order valence-corrected chi connectivity index (χ2v) is 9.10. The van der Waals surface area contributed by atoms with Gasteiger partial charge in [-0.15, -0.1) is 11.8 Å². The highest BCUT2D eigenvalue weighted by Gasteiger charge is 2.65. The molecule has 10 nitrogen and oxygen atoms in total. The zero-order valence-electron chi connectivity index (χ0n) is 16.2. The van der Waals surface area contributed by atoms with Gasteiger partial charge in [0.25, 0.3) is 0 Å². The summed E-state index contributed by atoms with van der Waals surface area (Å²) in [6, 6.07) is 2.94. The fourth-order valence-electron chi connectivity index (χ4n) is 3.36. The molecule has 11 heteroatoms. The number of carbonyl (C=O) groups is 4. The van der Waals surface area contributed by atoms with Crippen LogP contribution < -0.4 is 11.1 Å². The molecule has 2 aliphatic rings. The van der Waals surface area contributed by atoms with Gasteiger partial charge in [0.05, 0.1) is 0 Å². The molecule has 0 aromatic heterocycles. The van der Waals surface area contributed by atoms with Crippen LogP contribution in [0.1, 0.15) is 25.5 Å². The Balaban J connectivity index is 1.67. The number of nitrogens with zero attached hydrogens (tertiary/aromatic N) is 1. The second kappa shape index (κ2) is 8.00. The molecule has 0 aliphatic carbocycles. The van der Waals surface area contributed by atoms with Crippen molar-refractivity contribution in [1.29, 1.82) is 0 Å². The van der Waals surface area contributed by atoms with E-state index in [0.717, 1.165) is 6.08 Å². The maximum Gasteiger partial charge on any atom is 0.379 e. The van der Waals surface area contributed by atoms with Crippen LogP contribution in [-0.4, -0.2) is 56.0 Å². The Kier molecular flexibility index (Phi) is 5.77. The van der Waals surface area contributed by atoms with Crippen molar-refractivity contribution in [2.45, 2.75) is 42.1 Å². The molecule has 4 N–H and O–H groups in total. The molecular weight excluding hydrogens is 414 g/mol. The summed E-state index contributed by atoms with van der Waals surface area (Å²) in [5.74, 6) is -2.84. The molecule has 2 amide bonds. The van der Waals surface area contributed by atoms with E-state index >= 15 is 0 Å². The van der Waals surface area contributed by atoms with Crippen molar-refractivity contribution >= 4 is 35.5 Å². The number of nitrogens with one attached hydrogen (secondary N) is 1. The van der Waals surface area contributed by atoms with Crippen LogP contribution in [0.25, 0.3) is 0 Å². The Labute approximate surface area is 176 Å². The third-order valence-corrected chi connectivity index (χ3v) is 6.44. The quantitative estimate of drug-likeness (QED) is 0.254. The smallest absolute Gasteiger partial charge is 0.379 e. The molecule has 3 rings (SSSR count). The van der Waals surface area contributed by atoms with E-state index in [1.54, 1.807) is 13.8 Å². The summed E-state index contributed by atoms with van der Waals surface area (Å²) in [4.78, 5) is 58.9. The molecule has 2 saturated heterocycles. The topological polar surface area (TPSA) is 148 Å². The van der Waals surface area contributed by atoms with Crippen LogP contribution >= 0.6 is 11.8 Å². The first-order valence-corrected chi connectivity index (χ1v) is 9.84. The normalized spacial score (nSPS) is 24.8. The van der Waals surface area contributed by atoms with Gasteiger partial charge in [0, 0.05) is 10.8 Å². The van der Waals surface area contributed by atoms with Crippen molar-refractivity contribution in [3.63, 3.8) is 0 Å². The maximum absolute atomic E-state index is 12.7. The fraction of sp³-hybridized carbons (Fsp3) is 0.368. The lowest BCUT2D eigenvalue weighted by molar-refractivity contribution is -0.259. The molecule has 1 aromatic rings. The number of thioether (sulfide) groups is 1. The highest BCUT2D eigenvalue weighted by Crippen LogP contribution is 2.51. The molecule has 1 aromatic carbocycles. The molecule has 0 radical (unpaired) electrons. The van der Waals surface area contributed by atoms with Crippen LogP contribution in [0, 0.1) is 0 Å². The molecule has 160 valence electrons. The minimum absolute atomic E-state index is 0.0393. The second-order valence-electron chi connectivity index (χ2n) is 7.32. The number of fused-ring (bicyclic) bond motifs is 1. The average molecular weight is 435 g/mol. The summed E-state index contributed by atoms with van der Waals surface area (Å²) in [6.07, 6.45) is 0.836. The Morgan fingerprint density at radius 1 is 1.30 bits per heavy atom. The van der Waals surface area contributed by atoms with Gasteiger partial charge < -0.3 is 21.1 Å². The molecule has 2 aliphatic heterocycles. The highest BCUT2D eigenvalue weighted by atomic mass is 32.2. The van der Waals surface area contributed by atoms with Crippen molar-refractivity contribution in [1.82, 2.24) is 10.2 Å². The van der Waals surface area contributed by atoms with E-state index in [9.17, 15) is 24.3 Å². The number of aromatic hydroxyl groups is 1. The third kappa shape index (κ3) is 3.85. The summed E-state index contributed by atoms with van der Waals surface area (Å²) < 4.78 is -0.753. The minimum atomic E-state index is -1.04. The Morgan fingerprint density at radius 2 is 1.93 bits per heavy atom. The first-order chi connectivity index (χ1) is 14.1. The number of hydrogen-bond donors (Lipinski definition) is 3. The standard InChI is InChI=1S/C19H21N3O7S/c1-4-11(24)28-29-18(27)14-19(2,3)30-17-13(16(26)22(14)17)21-15(25)12(20)9-5-7-10(23)8-6-9/h4-8,12-14,17,23H,1,20H2,2-3H3,(H,21,25)/t12-,13-,14+,17-/m1/s1. The predicted molar refractivity (Wildman–Crippen MR) is 105 cm³/mol. The monoisotopic (exact) mass is 435 g/mol. The van der Waals surface area contributed by atoms with Crippen LogP contribution in [0.3, 0.4) is 0 Å². The number of hydrogen-bond acceptors (Lipinski definition) is 9. The van der Waals surface area contributed by atoms with Gasteiger partial charge in [-0.25, -0.2) is 19.4 Å². The van der Waals surface area contributed by atoms with E-state index in [0.29, 0.717) is 5.56 Å². The summed E-state index contributed by atoms with van der Waals surface area (Å²) in [6.45, 7) is 6.68. The molecule has 30 heavy (non-hydrogen) atoms. The van der Waals surface area contributed by atoms with Gasteiger partial charge in [0.2, 0.25) is 11.8 Å². The van der Waals surface area contributed by atoms with Gasteiger partial charge in [-0.2, -0.15) is 0 Å². The van der Waals surface area contributed by atoms with Gasteiger partial charge in [-0.1, -0.05) is 18.7 Å². The SMILES string of the molecule is C=CC(=O)OOC(=O)[C@@H]1N2C(=O)[C@@H](NC(=O)[C@H](N)c3ccc(O)cc3)[C@H]2SC1(C)C. The van der Waals surface area contributed by atoms with Crippen LogP contribution in [0.15, 0.2) is 36.9 Å². The molecule has 2 fully saturated rings. The number of amides is 2. The summed E-state index contributed by atoms with van der Waals surface area (Å²) in [7, 11) is 0. The largest absolute Gasteiger partial charge is 0.508 e. The van der Waals surface area contributed by atoms with Crippen LogP contribution in [-0.2, 0) is 29.0 Å². The zero-order chi connectivity index (χ0) is 22.2. The first kappa shape index (κ1) is 21.7. The Morgan fingerprint density at radius 3 is 2.53 bits per heavy atom. The molecule has 0 unspecified atom stereocenters. The number of β-lactam (4-membered cyclic amide) rings is 1. The maximum atomic E-state index is 12.7. The van der Waals surface area contributed by atoms with Gasteiger partial charge in [-0.05, 0) is 31.5 Å². The third-order valence-electron chi connectivity index (χ3n) is 4.87. The van der Waals surface area contributed by atoms with E-state index in [-0.39, 0.29) is 5.75 Å². The molecule has 4 atom stereocenters. The summed E-state index contributed by atoms with van der Waals surface area (Å²) in [5, 5.41) is 11.5. The van der Waals surface area contributed by atoms with Gasteiger partial charge >= 0.3 is 11.9 Å². The van der Waals surface area contributed by atoms with Crippen LogP contribution in [0.4, 0.5) is 0 Å². The summed E-state index contributed by atoms with van der Waals surface area (Å²) >= 11 is 1.31. The Bertz CT molecular complexity index is 902. The van der Waals surface area contributed by atoms with Crippen LogP contribution in [0.2, 0.25) is 0 Å². The molecular formula is C19H21N3O7S. The van der Waals surface area contributed by atoms with Crippen molar-refractivity contribution in [2.24, 2.45) is 5.73 Å². The summed E-state index contributed by atoms with van der Waals surface area (Å²) in [5.41, 5.74) is 6.42. The average Bonchev–Trinajstić information content (AvgIpc) is 2.97. The lowest BCUT2D eigenvalue weighted by atomic mass is 9.95. The fourth-order valence-corrected chi connectivity index (χ4v) is 4.99. The van der Waals surface area contributed by atoms with E-state index in [4.69, 9.17) is 5.73 Å². The lowest BCUT2D eigenvalue weighted by Crippen LogP contribution is -2.71.